The molecular formula is C19H27N3O. The average molecular weight is 313 g/mol. The zero-order valence-corrected chi connectivity index (χ0v) is 14.0. The zero-order chi connectivity index (χ0) is 15.9. The molecule has 0 spiro atoms. The molecule has 23 heavy (non-hydrogen) atoms. The van der Waals surface area contributed by atoms with E-state index in [1.54, 1.807) is 0 Å². The second-order valence-corrected chi connectivity index (χ2v) is 6.24. The van der Waals surface area contributed by atoms with Crippen molar-refractivity contribution in [3.63, 3.8) is 0 Å². The average Bonchev–Trinajstić information content (AvgIpc) is 3.03. The summed E-state index contributed by atoms with van der Waals surface area (Å²) in [5.74, 6) is 0. The predicted octanol–water partition coefficient (Wildman–Crippen LogP) is 2.42. The Kier molecular flexibility index (Phi) is 5.86. The number of morpholine rings is 1. The highest BCUT2D eigenvalue weighted by Crippen LogP contribution is 2.06. The van der Waals surface area contributed by atoms with E-state index in [9.17, 15) is 0 Å². The maximum absolute atomic E-state index is 5.40. The minimum absolute atomic E-state index is 0.872. The van der Waals surface area contributed by atoms with Gasteiger partial charge in [-0.2, -0.15) is 0 Å². The minimum atomic E-state index is 0.872. The van der Waals surface area contributed by atoms with E-state index in [1.165, 1.54) is 16.8 Å². The molecule has 0 radical (unpaired) electrons. The van der Waals surface area contributed by atoms with Crippen molar-refractivity contribution in [2.24, 2.45) is 0 Å². The number of hydrogen-bond donors (Lipinski definition) is 1. The van der Waals surface area contributed by atoms with Crippen LogP contribution >= 0.6 is 0 Å². The van der Waals surface area contributed by atoms with Crippen LogP contribution in [0.5, 0.6) is 0 Å². The highest BCUT2D eigenvalue weighted by atomic mass is 16.5. The third-order valence-corrected chi connectivity index (χ3v) is 4.44. The number of aryl methyl sites for hydroxylation is 1. The fourth-order valence-electron chi connectivity index (χ4n) is 2.94. The smallest absolute Gasteiger partial charge is 0.0594 e. The molecule has 0 amide bonds. The van der Waals surface area contributed by atoms with Crippen molar-refractivity contribution in [2.75, 3.05) is 32.8 Å². The van der Waals surface area contributed by atoms with Crippen LogP contribution in [0.1, 0.15) is 16.8 Å². The molecule has 124 valence electrons. The Hall–Kier alpha value is -1.62. The van der Waals surface area contributed by atoms with Crippen LogP contribution in [0.3, 0.4) is 0 Å². The maximum atomic E-state index is 5.40. The number of ether oxygens (including phenoxy) is 1. The van der Waals surface area contributed by atoms with Crippen molar-refractivity contribution in [1.82, 2.24) is 14.8 Å². The van der Waals surface area contributed by atoms with E-state index >= 15 is 0 Å². The molecule has 2 aromatic rings. The molecule has 4 nitrogen and oxygen atoms in total. The number of rotatable bonds is 7. The molecule has 1 aromatic heterocycles. The summed E-state index contributed by atoms with van der Waals surface area (Å²) in [5.41, 5.74) is 4.00. The van der Waals surface area contributed by atoms with Crippen molar-refractivity contribution < 1.29 is 4.74 Å². The third-order valence-electron chi connectivity index (χ3n) is 4.44. The van der Waals surface area contributed by atoms with Crippen molar-refractivity contribution in [1.29, 1.82) is 0 Å². The zero-order valence-electron chi connectivity index (χ0n) is 14.0. The molecular weight excluding hydrogens is 286 g/mol. The van der Waals surface area contributed by atoms with Crippen LogP contribution in [0, 0.1) is 6.92 Å². The Labute approximate surface area is 139 Å². The van der Waals surface area contributed by atoms with Gasteiger partial charge >= 0.3 is 0 Å². The van der Waals surface area contributed by atoms with Gasteiger partial charge in [0.15, 0.2) is 0 Å². The van der Waals surface area contributed by atoms with Crippen LogP contribution < -0.4 is 5.32 Å². The first-order valence-corrected chi connectivity index (χ1v) is 8.51. The van der Waals surface area contributed by atoms with E-state index in [2.05, 4.69) is 64.3 Å². The van der Waals surface area contributed by atoms with Gasteiger partial charge in [-0.25, -0.2) is 0 Å². The first kappa shape index (κ1) is 16.2. The molecule has 0 saturated carbocycles. The molecule has 2 heterocycles. The Balaban J connectivity index is 1.45. The summed E-state index contributed by atoms with van der Waals surface area (Å²) in [5, 5.41) is 3.55. The van der Waals surface area contributed by atoms with Crippen molar-refractivity contribution in [3.05, 3.63) is 59.4 Å². The molecule has 0 atom stereocenters. The molecule has 1 saturated heterocycles. The van der Waals surface area contributed by atoms with Crippen LogP contribution in [0.4, 0.5) is 0 Å². The summed E-state index contributed by atoms with van der Waals surface area (Å²) in [6, 6.07) is 13.1. The monoisotopic (exact) mass is 313 g/mol. The van der Waals surface area contributed by atoms with Gasteiger partial charge in [0, 0.05) is 51.2 Å². The van der Waals surface area contributed by atoms with Gasteiger partial charge in [0.1, 0.15) is 0 Å². The molecule has 1 N–H and O–H groups in total. The molecule has 1 aliphatic heterocycles. The summed E-state index contributed by atoms with van der Waals surface area (Å²) < 4.78 is 7.76. The van der Waals surface area contributed by atoms with Crippen LogP contribution in [0.15, 0.2) is 42.6 Å². The number of hydrogen-bond acceptors (Lipinski definition) is 3. The van der Waals surface area contributed by atoms with E-state index in [0.717, 1.165) is 52.5 Å². The van der Waals surface area contributed by atoms with Gasteiger partial charge in [-0.15, -0.1) is 0 Å². The first-order chi connectivity index (χ1) is 11.3. The summed E-state index contributed by atoms with van der Waals surface area (Å²) in [4.78, 5) is 2.48. The SMILES string of the molecule is Cc1ccc(CNCc2cccn2CCN2CCOCC2)cc1. The van der Waals surface area contributed by atoms with Gasteiger partial charge in [-0.3, -0.25) is 4.90 Å². The Morgan fingerprint density at radius 3 is 2.57 bits per heavy atom. The largest absolute Gasteiger partial charge is 0.379 e. The summed E-state index contributed by atoms with van der Waals surface area (Å²) in [6.07, 6.45) is 2.18. The topological polar surface area (TPSA) is 29.4 Å². The lowest BCUT2D eigenvalue weighted by Crippen LogP contribution is -2.38. The van der Waals surface area contributed by atoms with E-state index in [1.807, 2.05) is 0 Å². The molecule has 0 bridgehead atoms. The molecule has 1 aromatic carbocycles. The number of benzene rings is 1. The normalized spacial score (nSPS) is 15.9. The second kappa shape index (κ2) is 8.29. The molecule has 1 aliphatic rings. The van der Waals surface area contributed by atoms with E-state index < -0.39 is 0 Å². The van der Waals surface area contributed by atoms with Crippen molar-refractivity contribution in [2.45, 2.75) is 26.6 Å². The van der Waals surface area contributed by atoms with Gasteiger partial charge in [-0.05, 0) is 24.6 Å². The van der Waals surface area contributed by atoms with Crippen molar-refractivity contribution in [3.8, 4) is 0 Å². The van der Waals surface area contributed by atoms with Crippen molar-refractivity contribution >= 4 is 0 Å². The second-order valence-electron chi connectivity index (χ2n) is 6.24. The number of aromatic nitrogens is 1. The summed E-state index contributed by atoms with van der Waals surface area (Å²) in [7, 11) is 0. The van der Waals surface area contributed by atoms with Crippen LogP contribution in [-0.2, 0) is 24.4 Å². The van der Waals surface area contributed by atoms with Gasteiger partial charge in [0.2, 0.25) is 0 Å². The molecule has 1 fully saturated rings. The van der Waals surface area contributed by atoms with Gasteiger partial charge < -0.3 is 14.6 Å². The minimum Gasteiger partial charge on any atom is -0.379 e. The lowest BCUT2D eigenvalue weighted by atomic mass is 10.1. The fraction of sp³-hybridized carbons (Fsp3) is 0.474. The Bertz CT molecular complexity index is 585. The van der Waals surface area contributed by atoms with Gasteiger partial charge in [0.05, 0.1) is 13.2 Å². The van der Waals surface area contributed by atoms with E-state index in [0.29, 0.717) is 0 Å². The molecule has 3 rings (SSSR count). The molecule has 0 aliphatic carbocycles. The van der Waals surface area contributed by atoms with Crippen LogP contribution in [0.25, 0.3) is 0 Å². The molecule has 0 unspecified atom stereocenters. The van der Waals surface area contributed by atoms with Crippen LogP contribution in [0.2, 0.25) is 0 Å². The van der Waals surface area contributed by atoms with Gasteiger partial charge in [0.25, 0.3) is 0 Å². The Morgan fingerprint density at radius 1 is 1.00 bits per heavy atom. The standard InChI is InChI=1S/C19H27N3O/c1-17-4-6-18(7-5-17)15-20-16-19-3-2-8-22(19)10-9-21-11-13-23-14-12-21/h2-8,20H,9-16H2,1H3. The number of nitrogens with zero attached hydrogens (tertiary/aromatic N) is 2. The van der Waals surface area contributed by atoms with E-state index in [-0.39, 0.29) is 0 Å². The predicted molar refractivity (Wildman–Crippen MR) is 93.4 cm³/mol. The quantitative estimate of drug-likeness (QED) is 0.851. The van der Waals surface area contributed by atoms with Crippen LogP contribution in [-0.4, -0.2) is 42.3 Å². The lowest BCUT2D eigenvalue weighted by Gasteiger charge is -2.27. The van der Waals surface area contributed by atoms with Gasteiger partial charge in [-0.1, -0.05) is 29.8 Å². The summed E-state index contributed by atoms with van der Waals surface area (Å²) in [6.45, 7) is 9.95. The highest BCUT2D eigenvalue weighted by molar-refractivity contribution is 5.21. The Morgan fingerprint density at radius 2 is 1.78 bits per heavy atom. The third kappa shape index (κ3) is 4.93. The maximum Gasteiger partial charge on any atom is 0.0594 e. The highest BCUT2D eigenvalue weighted by Gasteiger charge is 2.10. The summed E-state index contributed by atoms with van der Waals surface area (Å²) >= 11 is 0. The first-order valence-electron chi connectivity index (χ1n) is 8.51. The number of nitrogens with one attached hydrogen (secondary N) is 1. The fourth-order valence-corrected chi connectivity index (χ4v) is 2.94. The lowest BCUT2D eigenvalue weighted by molar-refractivity contribution is 0.0363. The van der Waals surface area contributed by atoms with E-state index in [4.69, 9.17) is 4.74 Å². The molecule has 4 heteroatoms.